The number of hydrogen-bond acceptors (Lipinski definition) is 4. The van der Waals surface area contributed by atoms with Gasteiger partial charge in [-0.15, -0.1) is 0 Å². The number of phenols is 1. The van der Waals surface area contributed by atoms with Gasteiger partial charge in [-0.1, -0.05) is 12.1 Å². The largest absolute Gasteiger partial charge is 0.508 e. The van der Waals surface area contributed by atoms with Gasteiger partial charge in [-0.05, 0) is 24.1 Å². The minimum Gasteiger partial charge on any atom is -0.508 e. The van der Waals surface area contributed by atoms with E-state index in [4.69, 9.17) is 10.8 Å². The second kappa shape index (κ2) is 6.01. The number of carbonyl (C=O) groups excluding carboxylic acids is 1. The van der Waals surface area contributed by atoms with Crippen molar-refractivity contribution in [3.63, 3.8) is 0 Å². The lowest BCUT2D eigenvalue weighted by atomic mass is 10.1. The summed E-state index contributed by atoms with van der Waals surface area (Å²) >= 11 is 0. The van der Waals surface area contributed by atoms with Crippen LogP contribution in [0.15, 0.2) is 36.8 Å². The van der Waals surface area contributed by atoms with Gasteiger partial charge in [0.2, 0.25) is 5.91 Å². The summed E-state index contributed by atoms with van der Waals surface area (Å²) in [7, 11) is 0. The first-order chi connectivity index (χ1) is 9.15. The maximum atomic E-state index is 11.8. The number of nitrogens with one attached hydrogen (secondary N) is 2. The van der Waals surface area contributed by atoms with Crippen LogP contribution in [0.5, 0.6) is 5.75 Å². The molecule has 0 aliphatic rings. The molecule has 100 valence electrons. The van der Waals surface area contributed by atoms with E-state index >= 15 is 0 Å². The van der Waals surface area contributed by atoms with Crippen molar-refractivity contribution < 1.29 is 9.90 Å². The molecule has 1 heterocycles. The Morgan fingerprint density at radius 2 is 2.16 bits per heavy atom. The highest BCUT2D eigenvalue weighted by molar-refractivity contribution is 5.81. The molecule has 0 fully saturated rings. The highest BCUT2D eigenvalue weighted by atomic mass is 16.3. The van der Waals surface area contributed by atoms with E-state index in [0.29, 0.717) is 13.0 Å². The summed E-state index contributed by atoms with van der Waals surface area (Å²) in [6, 6.07) is 6.02. The van der Waals surface area contributed by atoms with Gasteiger partial charge in [-0.3, -0.25) is 4.79 Å². The number of H-pyrrole nitrogens is 1. The van der Waals surface area contributed by atoms with Crippen molar-refractivity contribution in [2.45, 2.75) is 19.0 Å². The SMILES string of the molecule is N[C@@H](Cc1ccc(O)cc1)C(=O)NCc1cnc[nH]1. The Morgan fingerprint density at radius 3 is 2.79 bits per heavy atom. The molecule has 1 aromatic carbocycles. The minimum atomic E-state index is -0.618. The zero-order valence-electron chi connectivity index (χ0n) is 10.3. The minimum absolute atomic E-state index is 0.195. The summed E-state index contributed by atoms with van der Waals surface area (Å²) < 4.78 is 0. The molecule has 0 aliphatic heterocycles. The zero-order chi connectivity index (χ0) is 13.7. The fraction of sp³-hybridized carbons (Fsp3) is 0.231. The lowest BCUT2D eigenvalue weighted by molar-refractivity contribution is -0.122. The fourth-order valence-electron chi connectivity index (χ4n) is 1.67. The van der Waals surface area contributed by atoms with Crippen molar-refractivity contribution in [2.24, 2.45) is 5.73 Å². The average molecular weight is 260 g/mol. The third kappa shape index (κ3) is 3.82. The Morgan fingerprint density at radius 1 is 1.42 bits per heavy atom. The lowest BCUT2D eigenvalue weighted by Gasteiger charge is -2.11. The van der Waals surface area contributed by atoms with Crippen molar-refractivity contribution in [3.05, 3.63) is 48.0 Å². The molecule has 6 nitrogen and oxygen atoms in total. The normalized spacial score (nSPS) is 12.1. The van der Waals surface area contributed by atoms with Crippen LogP contribution in [0.1, 0.15) is 11.3 Å². The third-order valence-electron chi connectivity index (χ3n) is 2.74. The molecule has 0 aliphatic carbocycles. The van der Waals surface area contributed by atoms with Gasteiger partial charge in [-0.2, -0.15) is 0 Å². The maximum absolute atomic E-state index is 11.8. The third-order valence-corrected chi connectivity index (χ3v) is 2.74. The van der Waals surface area contributed by atoms with Crippen molar-refractivity contribution in [2.75, 3.05) is 0 Å². The number of nitrogens with two attached hydrogens (primary N) is 1. The Balaban J connectivity index is 1.83. The molecular formula is C13H16N4O2. The molecule has 2 aromatic rings. The van der Waals surface area contributed by atoms with E-state index in [1.165, 1.54) is 0 Å². The Kier molecular flexibility index (Phi) is 4.15. The first kappa shape index (κ1) is 13.1. The van der Waals surface area contributed by atoms with E-state index in [0.717, 1.165) is 11.3 Å². The van der Waals surface area contributed by atoms with E-state index in [2.05, 4.69) is 15.3 Å². The number of benzene rings is 1. The standard InChI is InChI=1S/C13H16N4O2/c14-12(5-9-1-3-11(18)4-2-9)13(19)16-7-10-6-15-8-17-10/h1-4,6,8,12,18H,5,7,14H2,(H,15,17)(H,16,19)/t12-/m0/s1. The summed E-state index contributed by atoms with van der Waals surface area (Å²) in [6.07, 6.45) is 3.62. The van der Waals surface area contributed by atoms with Crippen LogP contribution >= 0.6 is 0 Å². The molecule has 0 saturated carbocycles. The van der Waals surface area contributed by atoms with Crippen LogP contribution in [-0.4, -0.2) is 27.0 Å². The number of carbonyl (C=O) groups is 1. The van der Waals surface area contributed by atoms with E-state index in [1.54, 1.807) is 36.8 Å². The lowest BCUT2D eigenvalue weighted by Crippen LogP contribution is -2.41. The van der Waals surface area contributed by atoms with E-state index in [1.807, 2.05) is 0 Å². The molecule has 0 spiro atoms. The summed E-state index contributed by atoms with van der Waals surface area (Å²) in [5, 5.41) is 11.9. The molecule has 0 saturated heterocycles. The number of nitrogens with zero attached hydrogens (tertiary/aromatic N) is 1. The predicted molar refractivity (Wildman–Crippen MR) is 70.2 cm³/mol. The van der Waals surface area contributed by atoms with Gasteiger partial charge in [0.05, 0.1) is 24.6 Å². The molecule has 0 radical (unpaired) electrons. The molecule has 1 atom stereocenters. The van der Waals surface area contributed by atoms with Gasteiger partial charge in [0.15, 0.2) is 0 Å². The topological polar surface area (TPSA) is 104 Å². The smallest absolute Gasteiger partial charge is 0.237 e. The van der Waals surface area contributed by atoms with Gasteiger partial charge in [0, 0.05) is 6.20 Å². The molecule has 0 bridgehead atoms. The molecular weight excluding hydrogens is 244 g/mol. The van der Waals surface area contributed by atoms with Crippen LogP contribution in [-0.2, 0) is 17.8 Å². The highest BCUT2D eigenvalue weighted by Gasteiger charge is 2.13. The van der Waals surface area contributed by atoms with Gasteiger partial charge in [0.25, 0.3) is 0 Å². The Bertz CT molecular complexity index is 522. The fourth-order valence-corrected chi connectivity index (χ4v) is 1.67. The summed E-state index contributed by atoms with van der Waals surface area (Å²) in [5.74, 6) is -0.0244. The summed E-state index contributed by atoms with van der Waals surface area (Å²) in [4.78, 5) is 18.5. The number of hydrogen-bond donors (Lipinski definition) is 4. The van der Waals surface area contributed by atoms with Crippen LogP contribution in [0.2, 0.25) is 0 Å². The molecule has 5 N–H and O–H groups in total. The number of phenolic OH excluding ortho intramolecular Hbond substituents is 1. The monoisotopic (exact) mass is 260 g/mol. The number of imidazole rings is 1. The van der Waals surface area contributed by atoms with Crippen LogP contribution in [0.25, 0.3) is 0 Å². The van der Waals surface area contributed by atoms with E-state index in [9.17, 15) is 4.79 Å². The van der Waals surface area contributed by atoms with Crippen molar-refractivity contribution in [1.82, 2.24) is 15.3 Å². The molecule has 6 heteroatoms. The maximum Gasteiger partial charge on any atom is 0.237 e. The van der Waals surface area contributed by atoms with E-state index in [-0.39, 0.29) is 11.7 Å². The van der Waals surface area contributed by atoms with Crippen LogP contribution < -0.4 is 11.1 Å². The quantitative estimate of drug-likeness (QED) is 0.620. The molecule has 0 unspecified atom stereocenters. The van der Waals surface area contributed by atoms with E-state index < -0.39 is 6.04 Å². The summed E-state index contributed by atoms with van der Waals surface area (Å²) in [5.41, 5.74) is 7.56. The summed E-state index contributed by atoms with van der Waals surface area (Å²) in [6.45, 7) is 0.377. The number of aromatic hydroxyl groups is 1. The number of rotatable bonds is 5. The first-order valence-electron chi connectivity index (χ1n) is 5.93. The number of aromatic nitrogens is 2. The number of aromatic amines is 1. The molecule has 19 heavy (non-hydrogen) atoms. The van der Waals surface area contributed by atoms with Gasteiger partial charge in [0.1, 0.15) is 5.75 Å². The molecule has 1 aromatic heterocycles. The number of amides is 1. The van der Waals surface area contributed by atoms with Crippen molar-refractivity contribution >= 4 is 5.91 Å². The molecule has 1 amide bonds. The van der Waals surface area contributed by atoms with Crippen molar-refractivity contribution in [1.29, 1.82) is 0 Å². The average Bonchev–Trinajstić information content (AvgIpc) is 2.91. The van der Waals surface area contributed by atoms with Crippen LogP contribution in [0.3, 0.4) is 0 Å². The van der Waals surface area contributed by atoms with Gasteiger partial charge < -0.3 is 21.1 Å². The first-order valence-corrected chi connectivity index (χ1v) is 5.93. The van der Waals surface area contributed by atoms with Gasteiger partial charge in [-0.25, -0.2) is 4.98 Å². The van der Waals surface area contributed by atoms with Crippen LogP contribution in [0.4, 0.5) is 0 Å². The Hall–Kier alpha value is -2.34. The Labute approximate surface area is 110 Å². The highest BCUT2D eigenvalue weighted by Crippen LogP contribution is 2.10. The second-order valence-electron chi connectivity index (χ2n) is 4.27. The predicted octanol–water partition coefficient (Wildman–Crippen LogP) is 0.301. The zero-order valence-corrected chi connectivity index (χ0v) is 10.3. The molecule has 2 rings (SSSR count). The second-order valence-corrected chi connectivity index (χ2v) is 4.27. The van der Waals surface area contributed by atoms with Crippen molar-refractivity contribution in [3.8, 4) is 5.75 Å². The van der Waals surface area contributed by atoms with Gasteiger partial charge >= 0.3 is 0 Å². The van der Waals surface area contributed by atoms with Crippen LogP contribution in [0, 0.1) is 0 Å².